The third-order valence-electron chi connectivity index (χ3n) is 4.42. The molecule has 2 rings (SSSR count). The second-order valence-electron chi connectivity index (χ2n) is 6.25. The average molecular weight is 351 g/mol. The van der Waals surface area contributed by atoms with Crippen molar-refractivity contribution in [2.24, 2.45) is 0 Å². The second-order valence-corrected chi connectivity index (χ2v) is 6.25. The summed E-state index contributed by atoms with van der Waals surface area (Å²) in [6.45, 7) is 4.24. The van der Waals surface area contributed by atoms with Gasteiger partial charge in [0, 0.05) is 18.1 Å². The number of rotatable bonds is 8. The summed E-state index contributed by atoms with van der Waals surface area (Å²) in [4.78, 5) is 10.4. The highest BCUT2D eigenvalue weighted by molar-refractivity contribution is 5.36. The van der Waals surface area contributed by atoms with E-state index in [4.69, 9.17) is 0 Å². The zero-order valence-corrected chi connectivity index (χ0v) is 15.3. The van der Waals surface area contributed by atoms with E-state index in [0.29, 0.717) is 5.56 Å². The van der Waals surface area contributed by atoms with Crippen LogP contribution in [0.15, 0.2) is 72.0 Å². The van der Waals surface area contributed by atoms with Gasteiger partial charge in [0.2, 0.25) is 0 Å². The number of benzene rings is 2. The fourth-order valence-corrected chi connectivity index (χ4v) is 2.91. The molecule has 0 bridgehead atoms. The summed E-state index contributed by atoms with van der Waals surface area (Å²) in [6.07, 6.45) is 4.10. The minimum Gasteiger partial charge on any atom is -0.387 e. The van der Waals surface area contributed by atoms with Crippen molar-refractivity contribution in [1.29, 1.82) is 0 Å². The smallest absolute Gasteiger partial charge is 0.269 e. The standard InChI is InChI=1S/C22H25NO3/c1-3-8-17(4-2)11-16-21(18-9-6-5-7-10-18)22(24)19-12-14-20(15-13-19)23(25)26/h5-7,9-10,12-16,21-22,24H,3-4,8H2,1-2H3/t11?,21-,22-/m0/s1. The summed E-state index contributed by atoms with van der Waals surface area (Å²) in [6, 6.07) is 15.8. The Labute approximate surface area is 154 Å². The van der Waals surface area contributed by atoms with E-state index in [0.717, 1.165) is 24.8 Å². The van der Waals surface area contributed by atoms with Crippen molar-refractivity contribution in [2.75, 3.05) is 0 Å². The van der Waals surface area contributed by atoms with Crippen LogP contribution in [0.25, 0.3) is 0 Å². The van der Waals surface area contributed by atoms with E-state index in [1.165, 1.54) is 17.7 Å². The van der Waals surface area contributed by atoms with Gasteiger partial charge in [-0.15, -0.1) is 5.73 Å². The van der Waals surface area contributed by atoms with Gasteiger partial charge in [-0.3, -0.25) is 10.1 Å². The minimum absolute atomic E-state index is 0.0175. The molecule has 0 aliphatic carbocycles. The summed E-state index contributed by atoms with van der Waals surface area (Å²) >= 11 is 0. The van der Waals surface area contributed by atoms with Crippen molar-refractivity contribution < 1.29 is 10.0 Å². The van der Waals surface area contributed by atoms with E-state index in [1.807, 2.05) is 36.4 Å². The molecule has 4 nitrogen and oxygen atoms in total. The summed E-state index contributed by atoms with van der Waals surface area (Å²) in [5.41, 5.74) is 6.25. The molecule has 2 aromatic carbocycles. The van der Waals surface area contributed by atoms with Crippen molar-refractivity contribution in [3.8, 4) is 0 Å². The lowest BCUT2D eigenvalue weighted by atomic mass is 9.88. The van der Waals surface area contributed by atoms with Gasteiger partial charge in [0.1, 0.15) is 0 Å². The van der Waals surface area contributed by atoms with Gasteiger partial charge in [-0.25, -0.2) is 0 Å². The maximum Gasteiger partial charge on any atom is 0.269 e. The SMILES string of the molecule is CCCC(=C=C[C@@H](c1ccccc1)[C@@H](O)c1ccc([N+](=O)[O-])cc1)CC. The first-order valence-electron chi connectivity index (χ1n) is 8.98. The van der Waals surface area contributed by atoms with Gasteiger partial charge in [-0.1, -0.05) is 50.6 Å². The van der Waals surface area contributed by atoms with Gasteiger partial charge in [0.05, 0.1) is 11.0 Å². The lowest BCUT2D eigenvalue weighted by Gasteiger charge is -2.20. The Morgan fingerprint density at radius 2 is 1.77 bits per heavy atom. The van der Waals surface area contributed by atoms with Crippen LogP contribution in [0.2, 0.25) is 0 Å². The first-order chi connectivity index (χ1) is 12.6. The molecular formula is C22H25NO3. The van der Waals surface area contributed by atoms with Gasteiger partial charge in [0.15, 0.2) is 0 Å². The lowest BCUT2D eigenvalue weighted by molar-refractivity contribution is -0.384. The lowest BCUT2D eigenvalue weighted by Crippen LogP contribution is -2.09. The monoisotopic (exact) mass is 351 g/mol. The Hall–Kier alpha value is -2.68. The van der Waals surface area contributed by atoms with E-state index in [1.54, 1.807) is 12.1 Å². The Morgan fingerprint density at radius 1 is 1.12 bits per heavy atom. The van der Waals surface area contributed by atoms with E-state index in [-0.39, 0.29) is 11.6 Å². The normalized spacial score (nSPS) is 12.7. The van der Waals surface area contributed by atoms with Crippen molar-refractivity contribution in [2.45, 2.75) is 45.1 Å². The van der Waals surface area contributed by atoms with Crippen LogP contribution in [0.1, 0.15) is 56.3 Å². The first kappa shape index (κ1) is 19.6. The summed E-state index contributed by atoms with van der Waals surface area (Å²) in [7, 11) is 0. The number of hydrogen-bond acceptors (Lipinski definition) is 3. The number of nitrogens with zero attached hydrogens (tertiary/aromatic N) is 1. The number of aliphatic hydroxyl groups excluding tert-OH is 1. The van der Waals surface area contributed by atoms with Crippen molar-refractivity contribution >= 4 is 5.69 Å². The molecule has 0 saturated carbocycles. The molecule has 1 N–H and O–H groups in total. The zero-order chi connectivity index (χ0) is 18.9. The molecule has 26 heavy (non-hydrogen) atoms. The fraction of sp³-hybridized carbons (Fsp3) is 0.318. The third-order valence-corrected chi connectivity index (χ3v) is 4.42. The molecule has 0 fully saturated rings. The molecule has 0 aliphatic heterocycles. The summed E-state index contributed by atoms with van der Waals surface area (Å²) in [5, 5.41) is 21.8. The van der Waals surface area contributed by atoms with Crippen LogP contribution in [-0.2, 0) is 0 Å². The number of nitro groups is 1. The Bertz CT molecular complexity index is 775. The van der Waals surface area contributed by atoms with Crippen LogP contribution < -0.4 is 0 Å². The summed E-state index contributed by atoms with van der Waals surface area (Å²) in [5.74, 6) is -0.268. The Morgan fingerprint density at radius 3 is 2.31 bits per heavy atom. The van der Waals surface area contributed by atoms with Crippen LogP contribution in [-0.4, -0.2) is 10.0 Å². The second kappa shape index (κ2) is 9.71. The summed E-state index contributed by atoms with van der Waals surface area (Å²) < 4.78 is 0. The van der Waals surface area contributed by atoms with Crippen LogP contribution in [0.4, 0.5) is 5.69 Å². The molecule has 136 valence electrons. The zero-order valence-electron chi connectivity index (χ0n) is 15.3. The van der Waals surface area contributed by atoms with Crippen LogP contribution in [0.5, 0.6) is 0 Å². The van der Waals surface area contributed by atoms with Gasteiger partial charge in [0.25, 0.3) is 5.69 Å². The highest BCUT2D eigenvalue weighted by Gasteiger charge is 2.21. The molecule has 0 spiro atoms. The molecule has 0 aliphatic rings. The first-order valence-corrected chi connectivity index (χ1v) is 8.98. The minimum atomic E-state index is -0.801. The van der Waals surface area contributed by atoms with Crippen LogP contribution in [0.3, 0.4) is 0 Å². The maximum absolute atomic E-state index is 10.9. The highest BCUT2D eigenvalue weighted by Crippen LogP contribution is 2.33. The molecule has 0 heterocycles. The van der Waals surface area contributed by atoms with Crippen LogP contribution >= 0.6 is 0 Å². The highest BCUT2D eigenvalue weighted by atomic mass is 16.6. The van der Waals surface area contributed by atoms with Gasteiger partial charge >= 0.3 is 0 Å². The van der Waals surface area contributed by atoms with Gasteiger partial charge in [-0.2, -0.15) is 0 Å². The molecule has 2 atom stereocenters. The third kappa shape index (κ3) is 5.16. The van der Waals surface area contributed by atoms with Gasteiger partial charge in [-0.05, 0) is 47.8 Å². The fourth-order valence-electron chi connectivity index (χ4n) is 2.91. The molecule has 0 amide bonds. The van der Waals surface area contributed by atoms with Crippen molar-refractivity contribution in [1.82, 2.24) is 0 Å². The molecular weight excluding hydrogens is 326 g/mol. The Balaban J connectivity index is 2.40. The largest absolute Gasteiger partial charge is 0.387 e. The molecule has 0 aromatic heterocycles. The molecule has 0 radical (unpaired) electrons. The molecule has 2 aromatic rings. The number of aliphatic hydroxyl groups is 1. The molecule has 4 heteroatoms. The van der Waals surface area contributed by atoms with E-state index in [9.17, 15) is 15.2 Å². The van der Waals surface area contributed by atoms with Gasteiger partial charge < -0.3 is 5.11 Å². The van der Waals surface area contributed by atoms with E-state index >= 15 is 0 Å². The number of nitro benzene ring substituents is 1. The van der Waals surface area contributed by atoms with Crippen LogP contribution in [0, 0.1) is 10.1 Å². The van der Waals surface area contributed by atoms with E-state index in [2.05, 4.69) is 19.6 Å². The van der Waals surface area contributed by atoms with Crippen molar-refractivity contribution in [3.05, 3.63) is 93.2 Å². The quantitative estimate of drug-likeness (QED) is 0.377. The molecule has 0 unspecified atom stereocenters. The number of non-ortho nitro benzene ring substituents is 1. The average Bonchev–Trinajstić information content (AvgIpc) is 2.68. The molecule has 0 saturated heterocycles. The topological polar surface area (TPSA) is 63.4 Å². The number of hydrogen-bond donors (Lipinski definition) is 1. The predicted octanol–water partition coefficient (Wildman–Crippen LogP) is 5.70. The predicted molar refractivity (Wildman–Crippen MR) is 104 cm³/mol. The van der Waals surface area contributed by atoms with E-state index < -0.39 is 11.0 Å². The van der Waals surface area contributed by atoms with Crippen molar-refractivity contribution in [3.63, 3.8) is 0 Å². The Kier molecular flexibility index (Phi) is 7.34. The maximum atomic E-state index is 10.9.